The van der Waals surface area contributed by atoms with Crippen molar-refractivity contribution >= 4 is 5.96 Å². The molecule has 21 heavy (non-hydrogen) atoms. The number of nitrogens with one attached hydrogen (secondary N) is 1. The fraction of sp³-hybridized carbons (Fsp3) is 0.588. The van der Waals surface area contributed by atoms with Gasteiger partial charge in [0.1, 0.15) is 12.4 Å². The summed E-state index contributed by atoms with van der Waals surface area (Å²) >= 11 is 0. The standard InChI is InChI=1S/C17H27N3O/c1-3-18-17(20-12-9-15(2)10-13-20)19-11-14-21-16-7-5-4-6-8-16/h4-8,15H,3,9-14H2,1-2H3,(H,18,19). The average molecular weight is 289 g/mol. The summed E-state index contributed by atoms with van der Waals surface area (Å²) in [4.78, 5) is 7.05. The number of piperidine rings is 1. The van der Waals surface area contributed by atoms with Gasteiger partial charge in [0, 0.05) is 19.6 Å². The summed E-state index contributed by atoms with van der Waals surface area (Å²) in [5, 5.41) is 3.39. The summed E-state index contributed by atoms with van der Waals surface area (Å²) in [6.07, 6.45) is 2.51. The Morgan fingerprint density at radius 2 is 2.00 bits per heavy atom. The molecule has 1 aromatic rings. The maximum Gasteiger partial charge on any atom is 0.194 e. The zero-order chi connectivity index (χ0) is 14.9. The molecule has 2 rings (SSSR count). The van der Waals surface area contributed by atoms with Crippen LogP contribution in [0.1, 0.15) is 26.7 Å². The van der Waals surface area contributed by atoms with Crippen molar-refractivity contribution in [3.05, 3.63) is 30.3 Å². The summed E-state index contributed by atoms with van der Waals surface area (Å²) in [5.41, 5.74) is 0. The highest BCUT2D eigenvalue weighted by Crippen LogP contribution is 2.15. The lowest BCUT2D eigenvalue weighted by Crippen LogP contribution is -2.45. The molecule has 1 fully saturated rings. The Hall–Kier alpha value is -1.71. The lowest BCUT2D eigenvalue weighted by molar-refractivity contribution is 0.272. The molecule has 0 unspecified atom stereocenters. The fourth-order valence-electron chi connectivity index (χ4n) is 2.48. The zero-order valence-electron chi connectivity index (χ0n) is 13.2. The molecule has 4 nitrogen and oxygen atoms in total. The van der Waals surface area contributed by atoms with Crippen molar-refractivity contribution in [1.82, 2.24) is 10.2 Å². The molecule has 4 heteroatoms. The molecule has 0 amide bonds. The first-order chi connectivity index (χ1) is 10.3. The highest BCUT2D eigenvalue weighted by atomic mass is 16.5. The quantitative estimate of drug-likeness (QED) is 0.514. The van der Waals surface area contributed by atoms with E-state index in [1.165, 1.54) is 12.8 Å². The van der Waals surface area contributed by atoms with Crippen molar-refractivity contribution in [2.24, 2.45) is 10.9 Å². The van der Waals surface area contributed by atoms with Gasteiger partial charge in [0.2, 0.25) is 0 Å². The highest BCUT2D eigenvalue weighted by Gasteiger charge is 2.18. The van der Waals surface area contributed by atoms with Crippen LogP contribution in [0.3, 0.4) is 0 Å². The van der Waals surface area contributed by atoms with Crippen LogP contribution >= 0.6 is 0 Å². The minimum absolute atomic E-state index is 0.614. The van der Waals surface area contributed by atoms with E-state index in [0.717, 1.165) is 37.3 Å². The lowest BCUT2D eigenvalue weighted by Gasteiger charge is -2.33. The maximum absolute atomic E-state index is 5.69. The van der Waals surface area contributed by atoms with Gasteiger partial charge in [0.25, 0.3) is 0 Å². The van der Waals surface area contributed by atoms with Crippen molar-refractivity contribution in [3.8, 4) is 5.75 Å². The van der Waals surface area contributed by atoms with Crippen LogP contribution in [0, 0.1) is 5.92 Å². The summed E-state index contributed by atoms with van der Waals surface area (Å²) in [6.45, 7) is 8.85. The van der Waals surface area contributed by atoms with Crippen LogP contribution in [0.15, 0.2) is 35.3 Å². The number of ether oxygens (including phenoxy) is 1. The molecule has 0 aromatic heterocycles. The molecule has 0 spiro atoms. The molecule has 1 aliphatic rings. The Kier molecular flexibility index (Phi) is 6.38. The van der Waals surface area contributed by atoms with E-state index in [1.54, 1.807) is 0 Å². The van der Waals surface area contributed by atoms with Crippen molar-refractivity contribution in [1.29, 1.82) is 0 Å². The Bertz CT molecular complexity index is 425. The number of hydrogen-bond acceptors (Lipinski definition) is 2. The van der Waals surface area contributed by atoms with Gasteiger partial charge in [-0.05, 0) is 37.8 Å². The van der Waals surface area contributed by atoms with E-state index in [9.17, 15) is 0 Å². The van der Waals surface area contributed by atoms with Crippen molar-refractivity contribution in [2.75, 3.05) is 32.8 Å². The van der Waals surface area contributed by atoms with Crippen LogP contribution in [0.5, 0.6) is 5.75 Å². The van der Waals surface area contributed by atoms with Gasteiger partial charge in [-0.15, -0.1) is 0 Å². The number of para-hydroxylation sites is 1. The minimum Gasteiger partial charge on any atom is -0.492 e. The topological polar surface area (TPSA) is 36.9 Å². The SMILES string of the molecule is CCNC(=NCCOc1ccccc1)N1CCC(C)CC1. The Morgan fingerprint density at radius 3 is 2.67 bits per heavy atom. The van der Waals surface area contributed by atoms with Crippen LogP contribution in [-0.2, 0) is 0 Å². The lowest BCUT2D eigenvalue weighted by atomic mass is 10.00. The van der Waals surface area contributed by atoms with Crippen molar-refractivity contribution < 1.29 is 4.74 Å². The third kappa shape index (κ3) is 5.29. The summed E-state index contributed by atoms with van der Waals surface area (Å²) < 4.78 is 5.69. The molecule has 116 valence electrons. The zero-order valence-corrected chi connectivity index (χ0v) is 13.2. The third-order valence-corrected chi connectivity index (χ3v) is 3.78. The molecular formula is C17H27N3O. The van der Waals surface area contributed by atoms with E-state index >= 15 is 0 Å². The first-order valence-corrected chi connectivity index (χ1v) is 8.00. The van der Waals surface area contributed by atoms with Gasteiger partial charge in [-0.1, -0.05) is 25.1 Å². The molecule has 0 atom stereocenters. The van der Waals surface area contributed by atoms with Crippen molar-refractivity contribution in [3.63, 3.8) is 0 Å². The molecular weight excluding hydrogens is 262 g/mol. The van der Waals surface area contributed by atoms with Crippen LogP contribution in [0.4, 0.5) is 0 Å². The summed E-state index contributed by atoms with van der Waals surface area (Å²) in [6, 6.07) is 9.91. The smallest absolute Gasteiger partial charge is 0.194 e. The number of benzene rings is 1. The minimum atomic E-state index is 0.614. The van der Waals surface area contributed by atoms with Gasteiger partial charge in [0.15, 0.2) is 5.96 Å². The predicted octanol–water partition coefficient (Wildman–Crippen LogP) is 2.76. The molecule has 1 saturated heterocycles. The normalized spacial score (nSPS) is 16.9. The highest BCUT2D eigenvalue weighted by molar-refractivity contribution is 5.80. The van der Waals surface area contributed by atoms with Crippen LogP contribution < -0.4 is 10.1 Å². The summed E-state index contributed by atoms with van der Waals surface area (Å²) in [7, 11) is 0. The number of likely N-dealkylation sites (tertiary alicyclic amines) is 1. The molecule has 0 aliphatic carbocycles. The molecule has 1 heterocycles. The first kappa shape index (κ1) is 15.7. The first-order valence-electron chi connectivity index (χ1n) is 8.00. The fourth-order valence-corrected chi connectivity index (χ4v) is 2.48. The monoisotopic (exact) mass is 289 g/mol. The van der Waals surface area contributed by atoms with E-state index in [2.05, 4.69) is 29.1 Å². The van der Waals surface area contributed by atoms with E-state index in [1.807, 2.05) is 30.3 Å². The van der Waals surface area contributed by atoms with Gasteiger partial charge in [-0.2, -0.15) is 0 Å². The number of nitrogens with zero attached hydrogens (tertiary/aromatic N) is 2. The van der Waals surface area contributed by atoms with Gasteiger partial charge in [0.05, 0.1) is 6.54 Å². The van der Waals surface area contributed by atoms with E-state index < -0.39 is 0 Å². The van der Waals surface area contributed by atoms with E-state index in [4.69, 9.17) is 4.74 Å². The second kappa shape index (κ2) is 8.55. The molecule has 0 bridgehead atoms. The molecule has 0 radical (unpaired) electrons. The maximum atomic E-state index is 5.69. The average Bonchev–Trinajstić information content (AvgIpc) is 2.52. The Morgan fingerprint density at radius 1 is 1.29 bits per heavy atom. The van der Waals surface area contributed by atoms with Gasteiger partial charge < -0.3 is 15.0 Å². The van der Waals surface area contributed by atoms with E-state index in [0.29, 0.717) is 13.2 Å². The summed E-state index contributed by atoms with van der Waals surface area (Å²) in [5.74, 6) is 2.77. The second-order valence-electron chi connectivity index (χ2n) is 5.57. The predicted molar refractivity (Wildman–Crippen MR) is 87.9 cm³/mol. The second-order valence-corrected chi connectivity index (χ2v) is 5.57. The van der Waals surface area contributed by atoms with Gasteiger partial charge in [-0.3, -0.25) is 0 Å². The van der Waals surface area contributed by atoms with E-state index in [-0.39, 0.29) is 0 Å². The molecule has 1 aromatic carbocycles. The molecule has 1 N–H and O–H groups in total. The molecule has 0 saturated carbocycles. The van der Waals surface area contributed by atoms with Crippen LogP contribution in [0.25, 0.3) is 0 Å². The Balaban J connectivity index is 1.80. The van der Waals surface area contributed by atoms with Gasteiger partial charge >= 0.3 is 0 Å². The van der Waals surface area contributed by atoms with Gasteiger partial charge in [-0.25, -0.2) is 4.99 Å². The largest absolute Gasteiger partial charge is 0.492 e. The third-order valence-electron chi connectivity index (χ3n) is 3.78. The number of rotatable bonds is 5. The van der Waals surface area contributed by atoms with Crippen molar-refractivity contribution in [2.45, 2.75) is 26.7 Å². The Labute approximate surface area is 128 Å². The number of aliphatic imine (C=N–C) groups is 1. The number of guanidine groups is 1. The molecule has 1 aliphatic heterocycles. The van der Waals surface area contributed by atoms with Crippen LogP contribution in [0.2, 0.25) is 0 Å². The number of hydrogen-bond donors (Lipinski definition) is 1. The van der Waals surface area contributed by atoms with Crippen LogP contribution in [-0.4, -0.2) is 43.6 Å².